The van der Waals surface area contributed by atoms with Gasteiger partial charge in [0, 0.05) is 13.1 Å². The Bertz CT molecular complexity index is 1430. The number of morpholine rings is 1. The van der Waals surface area contributed by atoms with Crippen molar-refractivity contribution in [3.8, 4) is 0 Å². The minimum atomic E-state index is -3.48. The summed E-state index contributed by atoms with van der Waals surface area (Å²) in [5, 5.41) is 7.81. The van der Waals surface area contributed by atoms with Gasteiger partial charge in [-0.05, 0) is 49.6 Å². The first-order chi connectivity index (χ1) is 16.9. The summed E-state index contributed by atoms with van der Waals surface area (Å²) < 4.78 is 32.1. The number of sulfone groups is 1. The minimum absolute atomic E-state index is 0.244. The molecule has 0 bridgehead atoms. The van der Waals surface area contributed by atoms with E-state index in [2.05, 4.69) is 30.5 Å². The first kappa shape index (κ1) is 23.5. The molecule has 35 heavy (non-hydrogen) atoms. The second-order valence-electron chi connectivity index (χ2n) is 8.37. The van der Waals surface area contributed by atoms with Crippen LogP contribution in [-0.4, -0.2) is 54.9 Å². The number of thiophene rings is 1. The van der Waals surface area contributed by atoms with Gasteiger partial charge in [-0.3, -0.25) is 0 Å². The molecule has 1 aliphatic heterocycles. The molecule has 0 unspecified atom stereocenters. The monoisotopic (exact) mass is 510 g/mol. The Morgan fingerprint density at radius 2 is 1.83 bits per heavy atom. The molecule has 5 rings (SSSR count). The Morgan fingerprint density at radius 1 is 1.03 bits per heavy atom. The van der Waals surface area contributed by atoms with Gasteiger partial charge < -0.3 is 20.3 Å². The minimum Gasteiger partial charge on any atom is -0.378 e. The second kappa shape index (κ2) is 9.76. The molecule has 0 amide bonds. The van der Waals surface area contributed by atoms with E-state index in [-0.39, 0.29) is 4.90 Å². The van der Waals surface area contributed by atoms with Gasteiger partial charge in [-0.25, -0.2) is 18.4 Å². The Labute approximate surface area is 208 Å². The number of hydrogen-bond donors (Lipinski definition) is 2. The molecular formula is C24H26N6O3S2. The number of anilines is 5. The molecule has 2 N–H and O–H groups in total. The highest BCUT2D eigenvalue weighted by atomic mass is 32.2. The summed E-state index contributed by atoms with van der Waals surface area (Å²) in [5.74, 6) is 1.52. The SMILES string of the molecule is CC(C)S(=O)(=O)c1ccccc1Nc1nc(Nc2ccc(N3CCOCC3)cn2)nc2ccsc12. The van der Waals surface area contributed by atoms with Crippen molar-refractivity contribution in [1.29, 1.82) is 0 Å². The first-order valence-corrected chi connectivity index (χ1v) is 13.8. The van der Waals surface area contributed by atoms with Crippen molar-refractivity contribution in [1.82, 2.24) is 15.0 Å². The maximum absolute atomic E-state index is 12.9. The molecule has 9 nitrogen and oxygen atoms in total. The maximum Gasteiger partial charge on any atom is 0.231 e. The van der Waals surface area contributed by atoms with Crippen LogP contribution in [0.15, 0.2) is 58.9 Å². The average molecular weight is 511 g/mol. The molecule has 1 aliphatic rings. The lowest BCUT2D eigenvalue weighted by molar-refractivity contribution is 0.122. The molecule has 0 radical (unpaired) electrons. The number of aromatic nitrogens is 3. The van der Waals surface area contributed by atoms with Gasteiger partial charge in [-0.2, -0.15) is 4.98 Å². The predicted octanol–water partition coefficient (Wildman–Crippen LogP) is 4.59. The van der Waals surface area contributed by atoms with Gasteiger partial charge in [0.25, 0.3) is 0 Å². The summed E-state index contributed by atoms with van der Waals surface area (Å²) in [6.45, 7) is 6.46. The van der Waals surface area contributed by atoms with Crippen molar-refractivity contribution < 1.29 is 13.2 Å². The maximum atomic E-state index is 12.9. The molecule has 182 valence electrons. The van der Waals surface area contributed by atoms with Crippen molar-refractivity contribution in [3.05, 3.63) is 54.0 Å². The van der Waals surface area contributed by atoms with Crippen molar-refractivity contribution in [2.45, 2.75) is 24.0 Å². The van der Waals surface area contributed by atoms with Crippen molar-refractivity contribution >= 4 is 60.3 Å². The molecule has 1 saturated heterocycles. The van der Waals surface area contributed by atoms with Crippen LogP contribution in [0.2, 0.25) is 0 Å². The number of nitrogens with one attached hydrogen (secondary N) is 2. The van der Waals surface area contributed by atoms with Gasteiger partial charge in [-0.1, -0.05) is 12.1 Å². The van der Waals surface area contributed by atoms with Gasteiger partial charge in [0.05, 0.1) is 51.1 Å². The van der Waals surface area contributed by atoms with Gasteiger partial charge in [0.2, 0.25) is 5.95 Å². The second-order valence-corrected chi connectivity index (χ2v) is 11.8. The van der Waals surface area contributed by atoms with Crippen LogP contribution in [0, 0.1) is 0 Å². The number of pyridine rings is 1. The van der Waals surface area contributed by atoms with Gasteiger partial charge in [0.15, 0.2) is 15.7 Å². The third-order valence-corrected chi connectivity index (χ3v) is 8.86. The number of fused-ring (bicyclic) bond motifs is 1. The van der Waals surface area contributed by atoms with E-state index in [0.717, 1.165) is 29.0 Å². The van der Waals surface area contributed by atoms with Crippen LogP contribution in [0.4, 0.5) is 29.0 Å². The van der Waals surface area contributed by atoms with Gasteiger partial charge >= 0.3 is 0 Å². The molecule has 3 aromatic heterocycles. The zero-order valence-electron chi connectivity index (χ0n) is 19.4. The fourth-order valence-corrected chi connectivity index (χ4v) is 5.76. The number of benzene rings is 1. The predicted molar refractivity (Wildman–Crippen MR) is 140 cm³/mol. The third kappa shape index (κ3) is 4.93. The molecule has 4 aromatic rings. The normalized spacial score (nSPS) is 14.4. The number of ether oxygens (including phenoxy) is 1. The number of rotatable bonds is 7. The first-order valence-electron chi connectivity index (χ1n) is 11.3. The van der Waals surface area contributed by atoms with Crippen molar-refractivity contribution in [3.63, 3.8) is 0 Å². The molecule has 4 heterocycles. The molecule has 1 fully saturated rings. The summed E-state index contributed by atoms with van der Waals surface area (Å²) in [7, 11) is -3.48. The topological polar surface area (TPSA) is 109 Å². The summed E-state index contributed by atoms with van der Waals surface area (Å²) in [6, 6.07) is 12.7. The summed E-state index contributed by atoms with van der Waals surface area (Å²) >= 11 is 1.49. The van der Waals surface area contributed by atoms with E-state index in [0.29, 0.717) is 36.5 Å². The van der Waals surface area contributed by atoms with Crippen LogP contribution >= 0.6 is 11.3 Å². The zero-order valence-corrected chi connectivity index (χ0v) is 21.1. The molecule has 11 heteroatoms. The third-order valence-electron chi connectivity index (χ3n) is 5.73. The zero-order chi connectivity index (χ0) is 24.4. The largest absolute Gasteiger partial charge is 0.378 e. The standard InChI is InChI=1S/C24H26N6O3S2/c1-16(2)35(31,32)20-6-4-3-5-18(20)26-23-22-19(9-14-34-22)27-24(29-23)28-21-8-7-17(15-25-21)30-10-12-33-13-11-30/h3-9,14-16H,10-13H2,1-2H3,(H2,25,26,27,28,29). The number of hydrogen-bond acceptors (Lipinski definition) is 10. The van der Waals surface area contributed by atoms with Crippen LogP contribution in [-0.2, 0) is 14.6 Å². The van der Waals surface area contributed by atoms with E-state index >= 15 is 0 Å². The molecule has 1 aromatic carbocycles. The van der Waals surface area contributed by atoms with Gasteiger partial charge in [-0.15, -0.1) is 11.3 Å². The highest BCUT2D eigenvalue weighted by molar-refractivity contribution is 7.92. The Hall–Kier alpha value is -3.28. The molecule has 0 atom stereocenters. The highest BCUT2D eigenvalue weighted by Crippen LogP contribution is 2.33. The van der Waals surface area contributed by atoms with E-state index in [9.17, 15) is 8.42 Å². The quantitative estimate of drug-likeness (QED) is 0.369. The lowest BCUT2D eigenvalue weighted by Gasteiger charge is -2.28. The van der Waals surface area contributed by atoms with Crippen LogP contribution in [0.3, 0.4) is 0 Å². The van der Waals surface area contributed by atoms with E-state index in [4.69, 9.17) is 4.74 Å². The van der Waals surface area contributed by atoms with Crippen LogP contribution < -0.4 is 15.5 Å². The summed E-state index contributed by atoms with van der Waals surface area (Å²) in [4.78, 5) is 16.3. The lowest BCUT2D eigenvalue weighted by atomic mass is 10.3. The summed E-state index contributed by atoms with van der Waals surface area (Å²) in [6.07, 6.45) is 1.82. The van der Waals surface area contributed by atoms with Gasteiger partial charge in [0.1, 0.15) is 5.82 Å². The smallest absolute Gasteiger partial charge is 0.231 e. The van der Waals surface area contributed by atoms with Crippen LogP contribution in [0.5, 0.6) is 0 Å². The van der Waals surface area contributed by atoms with Crippen LogP contribution in [0.1, 0.15) is 13.8 Å². The van der Waals surface area contributed by atoms with E-state index in [1.807, 2.05) is 29.8 Å². The van der Waals surface area contributed by atoms with Crippen molar-refractivity contribution in [2.24, 2.45) is 0 Å². The molecular weight excluding hydrogens is 484 g/mol. The Morgan fingerprint density at radius 3 is 2.57 bits per heavy atom. The molecule has 0 spiro atoms. The fraction of sp³-hybridized carbons (Fsp3) is 0.292. The number of nitrogens with zero attached hydrogens (tertiary/aromatic N) is 4. The van der Waals surface area contributed by atoms with E-state index < -0.39 is 15.1 Å². The molecule has 0 aliphatic carbocycles. The average Bonchev–Trinajstić information content (AvgIpc) is 3.34. The van der Waals surface area contributed by atoms with Crippen LogP contribution in [0.25, 0.3) is 10.2 Å². The Kier molecular flexibility index (Phi) is 6.54. The summed E-state index contributed by atoms with van der Waals surface area (Å²) in [5.41, 5.74) is 2.27. The Balaban J connectivity index is 1.44. The highest BCUT2D eigenvalue weighted by Gasteiger charge is 2.23. The molecule has 0 saturated carbocycles. The van der Waals surface area contributed by atoms with Crippen molar-refractivity contribution in [2.75, 3.05) is 41.8 Å². The van der Waals surface area contributed by atoms with E-state index in [1.165, 1.54) is 11.3 Å². The fourth-order valence-electron chi connectivity index (χ4n) is 3.79. The van der Waals surface area contributed by atoms with E-state index in [1.54, 1.807) is 38.1 Å². The lowest BCUT2D eigenvalue weighted by Crippen LogP contribution is -2.36. The number of para-hydroxylation sites is 1.